The van der Waals surface area contributed by atoms with Crippen molar-refractivity contribution in [1.29, 1.82) is 0 Å². The van der Waals surface area contributed by atoms with Gasteiger partial charge in [-0.05, 0) is 24.7 Å². The standard InChI is InChI=1S/C10H18O2/c1-7(2)8(3)5-6-9(4)10(11)12/h7-8H,4-6H2,1-3H3,(H,11,12). The van der Waals surface area contributed by atoms with Crippen LogP contribution in [-0.4, -0.2) is 11.1 Å². The maximum Gasteiger partial charge on any atom is 0.330 e. The first-order chi connectivity index (χ1) is 5.45. The van der Waals surface area contributed by atoms with E-state index in [9.17, 15) is 4.79 Å². The van der Waals surface area contributed by atoms with Gasteiger partial charge in [0, 0.05) is 5.57 Å². The van der Waals surface area contributed by atoms with Gasteiger partial charge >= 0.3 is 5.97 Å². The Kier molecular flexibility index (Phi) is 4.64. The predicted octanol–water partition coefficient (Wildman–Crippen LogP) is 2.70. The van der Waals surface area contributed by atoms with Gasteiger partial charge in [0.2, 0.25) is 0 Å². The van der Waals surface area contributed by atoms with Crippen molar-refractivity contribution in [3.8, 4) is 0 Å². The number of hydrogen-bond acceptors (Lipinski definition) is 1. The minimum Gasteiger partial charge on any atom is -0.478 e. The number of carboxylic acids is 1. The average molecular weight is 170 g/mol. The molecule has 0 aliphatic carbocycles. The van der Waals surface area contributed by atoms with Crippen molar-refractivity contribution in [1.82, 2.24) is 0 Å². The summed E-state index contributed by atoms with van der Waals surface area (Å²) in [6, 6.07) is 0. The topological polar surface area (TPSA) is 37.3 Å². The van der Waals surface area contributed by atoms with Gasteiger partial charge in [0.1, 0.15) is 0 Å². The third-order valence-corrected chi connectivity index (χ3v) is 2.34. The first-order valence-corrected chi connectivity index (χ1v) is 4.36. The third-order valence-electron chi connectivity index (χ3n) is 2.34. The number of aliphatic carboxylic acids is 1. The maximum atomic E-state index is 10.4. The molecule has 0 amide bonds. The molecule has 12 heavy (non-hydrogen) atoms. The zero-order chi connectivity index (χ0) is 9.72. The monoisotopic (exact) mass is 170 g/mol. The molecule has 0 aliphatic rings. The van der Waals surface area contributed by atoms with Gasteiger partial charge in [0.25, 0.3) is 0 Å². The summed E-state index contributed by atoms with van der Waals surface area (Å²) < 4.78 is 0. The lowest BCUT2D eigenvalue weighted by Crippen LogP contribution is -2.06. The van der Waals surface area contributed by atoms with Crippen LogP contribution in [0.5, 0.6) is 0 Å². The summed E-state index contributed by atoms with van der Waals surface area (Å²) in [5, 5.41) is 8.53. The Morgan fingerprint density at radius 2 is 1.92 bits per heavy atom. The van der Waals surface area contributed by atoms with E-state index in [4.69, 9.17) is 5.11 Å². The minimum absolute atomic E-state index is 0.322. The number of rotatable bonds is 5. The van der Waals surface area contributed by atoms with Gasteiger partial charge < -0.3 is 5.11 Å². The lowest BCUT2D eigenvalue weighted by molar-refractivity contribution is -0.132. The highest BCUT2D eigenvalue weighted by molar-refractivity contribution is 5.85. The maximum absolute atomic E-state index is 10.4. The molecule has 2 nitrogen and oxygen atoms in total. The average Bonchev–Trinajstić information content (AvgIpc) is 1.98. The highest BCUT2D eigenvalue weighted by atomic mass is 16.4. The molecule has 0 bridgehead atoms. The van der Waals surface area contributed by atoms with Gasteiger partial charge in [-0.15, -0.1) is 0 Å². The molecule has 0 saturated carbocycles. The molecule has 0 spiro atoms. The van der Waals surface area contributed by atoms with Crippen LogP contribution in [0.2, 0.25) is 0 Å². The molecule has 2 heteroatoms. The lowest BCUT2D eigenvalue weighted by atomic mass is 9.92. The molecule has 0 fully saturated rings. The highest BCUT2D eigenvalue weighted by Crippen LogP contribution is 2.18. The van der Waals surface area contributed by atoms with Gasteiger partial charge in [-0.2, -0.15) is 0 Å². The van der Waals surface area contributed by atoms with E-state index in [-0.39, 0.29) is 0 Å². The van der Waals surface area contributed by atoms with Crippen molar-refractivity contribution in [2.45, 2.75) is 33.6 Å². The molecule has 0 rings (SSSR count). The Balaban J connectivity index is 3.69. The zero-order valence-corrected chi connectivity index (χ0v) is 8.13. The van der Waals surface area contributed by atoms with Crippen molar-refractivity contribution >= 4 is 5.97 Å². The van der Waals surface area contributed by atoms with Crippen LogP contribution in [0.1, 0.15) is 33.6 Å². The van der Waals surface area contributed by atoms with Crippen LogP contribution in [0.4, 0.5) is 0 Å². The molecule has 0 aromatic heterocycles. The Labute approximate surface area is 74.3 Å². The van der Waals surface area contributed by atoms with Gasteiger partial charge in [-0.1, -0.05) is 27.4 Å². The fourth-order valence-electron chi connectivity index (χ4n) is 0.842. The van der Waals surface area contributed by atoms with Gasteiger partial charge in [0.15, 0.2) is 0 Å². The molecule has 0 aliphatic heterocycles. The van der Waals surface area contributed by atoms with Gasteiger partial charge in [-0.3, -0.25) is 0 Å². The summed E-state index contributed by atoms with van der Waals surface area (Å²) in [7, 11) is 0. The summed E-state index contributed by atoms with van der Waals surface area (Å²) in [6.07, 6.45) is 1.53. The molecule has 1 atom stereocenters. The first kappa shape index (κ1) is 11.2. The fourth-order valence-corrected chi connectivity index (χ4v) is 0.842. The number of carbonyl (C=O) groups is 1. The Hall–Kier alpha value is -0.790. The number of hydrogen-bond donors (Lipinski definition) is 1. The summed E-state index contributed by atoms with van der Waals surface area (Å²) in [5.74, 6) is 0.318. The molecule has 70 valence electrons. The molecular formula is C10H18O2. The van der Waals surface area contributed by atoms with Crippen molar-refractivity contribution in [3.05, 3.63) is 12.2 Å². The molecule has 0 radical (unpaired) electrons. The molecule has 1 N–H and O–H groups in total. The summed E-state index contributed by atoms with van der Waals surface area (Å²) in [4.78, 5) is 10.4. The van der Waals surface area contributed by atoms with Crippen LogP contribution in [0.25, 0.3) is 0 Å². The van der Waals surface area contributed by atoms with Crippen LogP contribution < -0.4 is 0 Å². The molecule has 0 aromatic carbocycles. The van der Waals surface area contributed by atoms with Crippen molar-refractivity contribution in [2.24, 2.45) is 11.8 Å². The van der Waals surface area contributed by atoms with E-state index >= 15 is 0 Å². The van der Waals surface area contributed by atoms with E-state index in [1.807, 2.05) is 0 Å². The van der Waals surface area contributed by atoms with Gasteiger partial charge in [-0.25, -0.2) is 4.79 Å². The highest BCUT2D eigenvalue weighted by Gasteiger charge is 2.10. The first-order valence-electron chi connectivity index (χ1n) is 4.36. The van der Waals surface area contributed by atoms with E-state index in [0.717, 1.165) is 6.42 Å². The summed E-state index contributed by atoms with van der Waals surface area (Å²) in [6.45, 7) is 9.92. The van der Waals surface area contributed by atoms with Crippen LogP contribution in [0.3, 0.4) is 0 Å². The molecule has 0 saturated heterocycles. The van der Waals surface area contributed by atoms with Crippen LogP contribution >= 0.6 is 0 Å². The third kappa shape index (κ3) is 4.16. The normalized spacial score (nSPS) is 13.0. The predicted molar refractivity (Wildman–Crippen MR) is 50.0 cm³/mol. The van der Waals surface area contributed by atoms with Crippen molar-refractivity contribution in [2.75, 3.05) is 0 Å². The second kappa shape index (κ2) is 4.96. The molecule has 0 heterocycles. The number of carboxylic acid groups (broad SMARTS) is 1. The molecular weight excluding hydrogens is 152 g/mol. The second-order valence-corrected chi connectivity index (χ2v) is 3.67. The molecule has 0 aromatic rings. The van der Waals surface area contributed by atoms with Crippen LogP contribution in [0.15, 0.2) is 12.2 Å². The van der Waals surface area contributed by atoms with E-state index in [1.165, 1.54) is 0 Å². The lowest BCUT2D eigenvalue weighted by Gasteiger charge is -2.14. The van der Waals surface area contributed by atoms with E-state index in [1.54, 1.807) is 0 Å². The van der Waals surface area contributed by atoms with E-state index < -0.39 is 5.97 Å². The quantitative estimate of drug-likeness (QED) is 0.644. The summed E-state index contributed by atoms with van der Waals surface area (Å²) in [5.41, 5.74) is 0.322. The second-order valence-electron chi connectivity index (χ2n) is 3.67. The van der Waals surface area contributed by atoms with E-state index in [0.29, 0.717) is 23.8 Å². The summed E-state index contributed by atoms with van der Waals surface area (Å²) >= 11 is 0. The minimum atomic E-state index is -0.869. The Bertz CT molecular complexity index is 171. The Morgan fingerprint density at radius 3 is 2.25 bits per heavy atom. The zero-order valence-electron chi connectivity index (χ0n) is 8.13. The van der Waals surface area contributed by atoms with Crippen molar-refractivity contribution < 1.29 is 9.90 Å². The van der Waals surface area contributed by atoms with Crippen LogP contribution in [-0.2, 0) is 4.79 Å². The largest absolute Gasteiger partial charge is 0.478 e. The van der Waals surface area contributed by atoms with Crippen molar-refractivity contribution in [3.63, 3.8) is 0 Å². The molecule has 1 unspecified atom stereocenters. The van der Waals surface area contributed by atoms with E-state index in [2.05, 4.69) is 27.4 Å². The Morgan fingerprint density at radius 1 is 1.42 bits per heavy atom. The van der Waals surface area contributed by atoms with Crippen LogP contribution in [0, 0.1) is 11.8 Å². The SMILES string of the molecule is C=C(CCC(C)C(C)C)C(=O)O. The van der Waals surface area contributed by atoms with Gasteiger partial charge in [0.05, 0.1) is 0 Å². The fraction of sp³-hybridized carbons (Fsp3) is 0.700. The smallest absolute Gasteiger partial charge is 0.330 e.